The van der Waals surface area contributed by atoms with Gasteiger partial charge in [-0.25, -0.2) is 4.98 Å². The summed E-state index contributed by atoms with van der Waals surface area (Å²) in [4.78, 5) is 37.0. The molecule has 0 saturated carbocycles. The number of carbonyl (C=O) groups is 2. The van der Waals surface area contributed by atoms with Crippen molar-refractivity contribution in [2.24, 2.45) is 5.73 Å². The number of thioether (sulfide) groups is 1. The summed E-state index contributed by atoms with van der Waals surface area (Å²) in [5.41, 5.74) is 6.47. The van der Waals surface area contributed by atoms with E-state index in [1.807, 2.05) is 0 Å². The van der Waals surface area contributed by atoms with Crippen LogP contribution in [0, 0.1) is 10.1 Å². The molecule has 0 aliphatic rings. The van der Waals surface area contributed by atoms with E-state index in [9.17, 15) is 19.7 Å². The van der Waals surface area contributed by atoms with E-state index in [2.05, 4.69) is 10.3 Å². The highest BCUT2D eigenvalue weighted by Crippen LogP contribution is 2.20. The van der Waals surface area contributed by atoms with Gasteiger partial charge in [0.05, 0.1) is 22.8 Å². The maximum Gasteiger partial charge on any atom is 0.269 e. The lowest BCUT2D eigenvalue weighted by atomic mass is 10.1. The van der Waals surface area contributed by atoms with E-state index < -0.39 is 4.92 Å². The van der Waals surface area contributed by atoms with Crippen LogP contribution >= 0.6 is 23.1 Å². The van der Waals surface area contributed by atoms with E-state index in [0.717, 1.165) is 5.69 Å². The Morgan fingerprint density at radius 3 is 2.67 bits per heavy atom. The van der Waals surface area contributed by atoms with Gasteiger partial charge in [0, 0.05) is 23.3 Å². The van der Waals surface area contributed by atoms with Crippen molar-refractivity contribution < 1.29 is 14.5 Å². The van der Waals surface area contributed by atoms with Crippen molar-refractivity contribution in [1.82, 2.24) is 4.98 Å². The van der Waals surface area contributed by atoms with Gasteiger partial charge in [-0.05, 0) is 5.56 Å². The lowest BCUT2D eigenvalue weighted by Crippen LogP contribution is -2.14. The maximum absolute atomic E-state index is 12.0. The molecule has 0 fully saturated rings. The zero-order valence-electron chi connectivity index (χ0n) is 12.4. The minimum atomic E-state index is -0.489. The number of amides is 2. The first-order valence-corrected chi connectivity index (χ1v) is 8.81. The molecule has 2 amide bonds. The van der Waals surface area contributed by atoms with Gasteiger partial charge in [-0.3, -0.25) is 19.7 Å². The molecule has 8 nitrogen and oxygen atoms in total. The minimum absolute atomic E-state index is 0.0165. The monoisotopic (exact) mass is 366 g/mol. The van der Waals surface area contributed by atoms with E-state index in [0.29, 0.717) is 16.4 Å². The maximum atomic E-state index is 12.0. The van der Waals surface area contributed by atoms with Crippen LogP contribution in [-0.2, 0) is 21.8 Å². The molecule has 2 rings (SSSR count). The summed E-state index contributed by atoms with van der Waals surface area (Å²) in [7, 11) is 0. The Morgan fingerprint density at radius 2 is 2.04 bits per heavy atom. The predicted octanol–water partition coefficient (Wildman–Crippen LogP) is 1.95. The van der Waals surface area contributed by atoms with Crippen LogP contribution < -0.4 is 11.1 Å². The Labute approximate surface area is 145 Å². The topological polar surface area (TPSA) is 128 Å². The van der Waals surface area contributed by atoms with Gasteiger partial charge in [-0.1, -0.05) is 12.1 Å². The Morgan fingerprint density at radius 1 is 1.33 bits per heavy atom. The third-order valence-corrected chi connectivity index (χ3v) is 4.60. The van der Waals surface area contributed by atoms with Crippen LogP contribution in [0.4, 0.5) is 10.8 Å². The zero-order chi connectivity index (χ0) is 17.5. The number of thiazole rings is 1. The lowest BCUT2D eigenvalue weighted by Gasteiger charge is -2.02. The molecular weight excluding hydrogens is 352 g/mol. The highest BCUT2D eigenvalue weighted by Gasteiger charge is 2.10. The van der Waals surface area contributed by atoms with Crippen LogP contribution in [0.2, 0.25) is 0 Å². The van der Waals surface area contributed by atoms with Crippen molar-refractivity contribution >= 4 is 45.7 Å². The van der Waals surface area contributed by atoms with Crippen LogP contribution in [0.3, 0.4) is 0 Å². The molecule has 0 aliphatic heterocycles. The third-order valence-electron chi connectivity index (χ3n) is 2.80. The summed E-state index contributed by atoms with van der Waals surface area (Å²) in [5, 5.41) is 15.5. The highest BCUT2D eigenvalue weighted by atomic mass is 32.2. The van der Waals surface area contributed by atoms with E-state index in [1.54, 1.807) is 17.5 Å². The van der Waals surface area contributed by atoms with Gasteiger partial charge in [0.2, 0.25) is 11.8 Å². The van der Waals surface area contributed by atoms with Crippen molar-refractivity contribution in [2.45, 2.75) is 12.2 Å². The van der Waals surface area contributed by atoms with Crippen molar-refractivity contribution in [3.05, 3.63) is 51.0 Å². The van der Waals surface area contributed by atoms with Crippen LogP contribution in [-0.4, -0.2) is 27.5 Å². The SMILES string of the molecule is NC(=O)CSCc1csc(NC(=O)Cc2ccc([N+](=O)[O-])cc2)n1. The second-order valence-corrected chi connectivity index (χ2v) is 6.60. The van der Waals surface area contributed by atoms with Gasteiger partial charge in [-0.15, -0.1) is 23.1 Å². The van der Waals surface area contributed by atoms with Gasteiger partial charge in [-0.2, -0.15) is 0 Å². The predicted molar refractivity (Wildman–Crippen MR) is 92.9 cm³/mol. The van der Waals surface area contributed by atoms with E-state index >= 15 is 0 Å². The number of non-ortho nitro benzene ring substituents is 1. The standard InChI is InChI=1S/C14H14N4O4S2/c15-12(19)8-23-6-10-7-24-14(16-10)17-13(20)5-9-1-3-11(4-2-9)18(21)22/h1-4,7H,5-6,8H2,(H2,15,19)(H,16,17,20). The number of benzene rings is 1. The molecule has 1 heterocycles. The lowest BCUT2D eigenvalue weighted by molar-refractivity contribution is -0.384. The number of carbonyl (C=O) groups excluding carboxylic acids is 2. The average Bonchev–Trinajstić information content (AvgIpc) is 2.94. The summed E-state index contributed by atoms with van der Waals surface area (Å²) < 4.78 is 0. The van der Waals surface area contributed by atoms with Gasteiger partial charge < -0.3 is 11.1 Å². The summed E-state index contributed by atoms with van der Waals surface area (Å²) in [5.74, 6) is 0.123. The number of primary amides is 1. The molecule has 1 aromatic carbocycles. The van der Waals surface area contributed by atoms with E-state index in [1.165, 1.54) is 35.2 Å². The molecule has 10 heteroatoms. The van der Waals surface area contributed by atoms with Crippen molar-refractivity contribution in [1.29, 1.82) is 0 Å². The quantitative estimate of drug-likeness (QED) is 0.543. The van der Waals surface area contributed by atoms with Crippen molar-refractivity contribution in [3.63, 3.8) is 0 Å². The number of hydrogen-bond acceptors (Lipinski definition) is 7. The van der Waals surface area contributed by atoms with Gasteiger partial charge in [0.15, 0.2) is 5.13 Å². The van der Waals surface area contributed by atoms with Crippen LogP contribution in [0.25, 0.3) is 0 Å². The number of nitro benzene ring substituents is 1. The van der Waals surface area contributed by atoms with Crippen molar-refractivity contribution in [2.75, 3.05) is 11.1 Å². The largest absolute Gasteiger partial charge is 0.369 e. The van der Waals surface area contributed by atoms with E-state index in [-0.39, 0.29) is 29.7 Å². The fraction of sp³-hybridized carbons (Fsp3) is 0.214. The molecule has 0 aliphatic carbocycles. The molecule has 0 unspecified atom stereocenters. The molecule has 0 spiro atoms. The van der Waals surface area contributed by atoms with Crippen LogP contribution in [0.1, 0.15) is 11.3 Å². The molecule has 1 aromatic heterocycles. The highest BCUT2D eigenvalue weighted by molar-refractivity contribution is 7.99. The van der Waals surface area contributed by atoms with Crippen molar-refractivity contribution in [3.8, 4) is 0 Å². The number of nitrogens with one attached hydrogen (secondary N) is 1. The van der Waals surface area contributed by atoms with E-state index in [4.69, 9.17) is 5.73 Å². The molecule has 24 heavy (non-hydrogen) atoms. The first-order chi connectivity index (χ1) is 11.4. The molecular formula is C14H14N4O4S2. The Balaban J connectivity index is 1.84. The molecule has 0 radical (unpaired) electrons. The normalized spacial score (nSPS) is 10.3. The van der Waals surface area contributed by atoms with Gasteiger partial charge >= 0.3 is 0 Å². The number of hydrogen-bond donors (Lipinski definition) is 2. The molecule has 0 bridgehead atoms. The number of nitro groups is 1. The first-order valence-electron chi connectivity index (χ1n) is 6.77. The second kappa shape index (κ2) is 8.41. The second-order valence-electron chi connectivity index (χ2n) is 4.75. The number of anilines is 1. The first kappa shape index (κ1) is 17.9. The summed E-state index contributed by atoms with van der Waals surface area (Å²) in [6, 6.07) is 5.82. The molecule has 0 atom stereocenters. The zero-order valence-corrected chi connectivity index (χ0v) is 14.1. The molecule has 3 N–H and O–H groups in total. The molecule has 2 aromatic rings. The molecule has 0 saturated heterocycles. The summed E-state index contributed by atoms with van der Waals surface area (Å²) >= 11 is 2.65. The molecule has 126 valence electrons. The number of nitrogens with two attached hydrogens (primary N) is 1. The minimum Gasteiger partial charge on any atom is -0.369 e. The Bertz CT molecular complexity index is 745. The fourth-order valence-electron chi connectivity index (χ4n) is 1.77. The van der Waals surface area contributed by atoms with Gasteiger partial charge in [0.1, 0.15) is 0 Å². The smallest absolute Gasteiger partial charge is 0.269 e. The number of nitrogens with zero attached hydrogens (tertiary/aromatic N) is 2. The summed E-state index contributed by atoms with van der Waals surface area (Å²) in [6.07, 6.45) is 0.101. The summed E-state index contributed by atoms with van der Waals surface area (Å²) in [6.45, 7) is 0. The average molecular weight is 366 g/mol. The Hall–Kier alpha value is -2.46. The number of rotatable bonds is 8. The van der Waals surface area contributed by atoms with Crippen LogP contribution in [0.5, 0.6) is 0 Å². The van der Waals surface area contributed by atoms with Crippen LogP contribution in [0.15, 0.2) is 29.6 Å². The third kappa shape index (κ3) is 5.63. The van der Waals surface area contributed by atoms with Gasteiger partial charge in [0.25, 0.3) is 5.69 Å². The number of aromatic nitrogens is 1. The Kier molecular flexibility index (Phi) is 6.27. The fourth-order valence-corrected chi connectivity index (χ4v) is 3.26.